The van der Waals surface area contributed by atoms with Gasteiger partial charge in [-0.25, -0.2) is 9.48 Å². The van der Waals surface area contributed by atoms with Crippen LogP contribution in [0.25, 0.3) is 5.69 Å². The number of alkyl halides is 3. The van der Waals surface area contributed by atoms with Crippen LogP contribution in [0, 0.1) is 5.92 Å². The number of aromatic nitrogens is 2. The van der Waals surface area contributed by atoms with E-state index in [4.69, 9.17) is 9.47 Å². The molecule has 1 heterocycles. The summed E-state index contributed by atoms with van der Waals surface area (Å²) in [6.07, 6.45) is -6.77. The zero-order valence-electron chi connectivity index (χ0n) is 20.9. The molecule has 9 nitrogen and oxygen atoms in total. The summed E-state index contributed by atoms with van der Waals surface area (Å²) in [4.78, 5) is 37.7. The van der Waals surface area contributed by atoms with Crippen LogP contribution in [0.3, 0.4) is 0 Å². The molecule has 1 aromatic heterocycles. The summed E-state index contributed by atoms with van der Waals surface area (Å²) in [7, 11) is 0. The van der Waals surface area contributed by atoms with Crippen LogP contribution in [0.4, 0.5) is 23.7 Å². The van der Waals surface area contributed by atoms with E-state index in [0.29, 0.717) is 17.4 Å². The van der Waals surface area contributed by atoms with E-state index in [1.54, 1.807) is 62.4 Å². The second kappa shape index (κ2) is 12.3. The summed E-state index contributed by atoms with van der Waals surface area (Å²) in [6, 6.07) is 16.1. The van der Waals surface area contributed by atoms with Gasteiger partial charge in [0.05, 0.1) is 11.7 Å². The average Bonchev–Trinajstić information content (AvgIpc) is 3.31. The molecule has 202 valence electrons. The molecule has 0 aliphatic heterocycles. The molecule has 0 spiro atoms. The number of ether oxygens (including phenoxy) is 2. The van der Waals surface area contributed by atoms with E-state index in [-0.39, 0.29) is 5.88 Å². The van der Waals surface area contributed by atoms with E-state index < -0.39 is 54.3 Å². The molecular formula is C26H27F3N4O5. The molecule has 0 bridgehead atoms. The Balaban J connectivity index is 1.62. The van der Waals surface area contributed by atoms with Crippen LogP contribution in [0.2, 0.25) is 0 Å². The van der Waals surface area contributed by atoms with Crippen LogP contribution in [0.15, 0.2) is 66.7 Å². The Kier molecular flexibility index (Phi) is 9.11. The van der Waals surface area contributed by atoms with Gasteiger partial charge in [-0.1, -0.05) is 50.2 Å². The molecule has 0 aliphatic carbocycles. The Morgan fingerprint density at radius 1 is 0.974 bits per heavy atom. The van der Waals surface area contributed by atoms with Gasteiger partial charge in [0.2, 0.25) is 5.88 Å². The average molecular weight is 533 g/mol. The number of nitrogens with one attached hydrogen (secondary N) is 2. The fraction of sp³-hybridized carbons (Fsp3) is 0.308. The van der Waals surface area contributed by atoms with Gasteiger partial charge < -0.3 is 14.8 Å². The Morgan fingerprint density at radius 3 is 2.16 bits per heavy atom. The third-order valence-electron chi connectivity index (χ3n) is 5.29. The van der Waals surface area contributed by atoms with Gasteiger partial charge in [0.15, 0.2) is 24.2 Å². The Bertz CT molecular complexity index is 1250. The van der Waals surface area contributed by atoms with Crippen LogP contribution >= 0.6 is 0 Å². The zero-order chi connectivity index (χ0) is 27.9. The van der Waals surface area contributed by atoms with Gasteiger partial charge in [-0.15, -0.1) is 0 Å². The van der Waals surface area contributed by atoms with Crippen molar-refractivity contribution < 1.29 is 37.0 Å². The fourth-order valence-corrected chi connectivity index (χ4v) is 3.28. The number of rotatable bonds is 10. The second-order valence-corrected chi connectivity index (χ2v) is 8.66. The van der Waals surface area contributed by atoms with E-state index in [2.05, 4.69) is 15.7 Å². The van der Waals surface area contributed by atoms with Crippen LogP contribution in [-0.4, -0.2) is 46.3 Å². The van der Waals surface area contributed by atoms with Crippen molar-refractivity contribution in [2.75, 3.05) is 11.9 Å². The maximum atomic E-state index is 13.2. The molecule has 2 aromatic carbocycles. The summed E-state index contributed by atoms with van der Waals surface area (Å²) in [6.45, 7) is 4.08. The largest absolute Gasteiger partial charge is 0.469 e. The van der Waals surface area contributed by atoms with Crippen molar-refractivity contribution in [2.45, 2.75) is 39.1 Å². The monoisotopic (exact) mass is 532 g/mol. The summed E-state index contributed by atoms with van der Waals surface area (Å²) in [5, 5.41) is 8.53. The lowest BCUT2D eigenvalue weighted by Gasteiger charge is -2.23. The molecule has 2 amide bonds. The molecular weight excluding hydrogens is 505 g/mol. The van der Waals surface area contributed by atoms with Crippen molar-refractivity contribution >= 4 is 23.5 Å². The van der Waals surface area contributed by atoms with Crippen molar-refractivity contribution in [2.24, 2.45) is 5.92 Å². The first kappa shape index (κ1) is 28.2. The number of hydrogen-bond donors (Lipinski definition) is 2. The van der Waals surface area contributed by atoms with Crippen molar-refractivity contribution in [3.63, 3.8) is 0 Å². The van der Waals surface area contributed by atoms with Gasteiger partial charge in [0.1, 0.15) is 0 Å². The number of carbonyl (C=O) groups excluding carboxylic acids is 3. The molecule has 2 atom stereocenters. The van der Waals surface area contributed by atoms with Crippen molar-refractivity contribution in [3.8, 4) is 11.6 Å². The quantitative estimate of drug-likeness (QED) is 0.394. The first-order chi connectivity index (χ1) is 18.0. The molecule has 0 aliphatic rings. The molecule has 0 fully saturated rings. The number of ketones is 1. The maximum Gasteiger partial charge on any atom is 0.435 e. The highest BCUT2D eigenvalue weighted by Gasteiger charge is 2.36. The highest BCUT2D eigenvalue weighted by Crippen LogP contribution is 2.32. The van der Waals surface area contributed by atoms with Crippen LogP contribution < -0.4 is 15.4 Å². The summed E-state index contributed by atoms with van der Waals surface area (Å²) in [5.74, 6) is -2.05. The highest BCUT2D eigenvalue weighted by molar-refractivity contribution is 5.93. The lowest BCUT2D eigenvalue weighted by molar-refractivity contribution is -0.141. The molecule has 12 heteroatoms. The molecule has 3 rings (SSSR count). The summed E-state index contributed by atoms with van der Waals surface area (Å²) < 4.78 is 51.3. The van der Waals surface area contributed by atoms with E-state index >= 15 is 0 Å². The number of halogens is 3. The van der Waals surface area contributed by atoms with Gasteiger partial charge >= 0.3 is 12.3 Å². The maximum absolute atomic E-state index is 13.2. The second-order valence-electron chi connectivity index (χ2n) is 8.66. The van der Waals surface area contributed by atoms with Gasteiger partial charge in [-0.05, 0) is 37.1 Å². The van der Waals surface area contributed by atoms with E-state index in [1.807, 2.05) is 0 Å². The lowest BCUT2D eigenvalue weighted by Crippen LogP contribution is -2.48. The Morgan fingerprint density at radius 2 is 1.58 bits per heavy atom. The number of hydrogen-bond acceptors (Lipinski definition) is 6. The number of amides is 2. The van der Waals surface area contributed by atoms with Gasteiger partial charge in [-0.3, -0.25) is 14.9 Å². The lowest BCUT2D eigenvalue weighted by atomic mass is 10.1. The number of anilines is 1. The van der Waals surface area contributed by atoms with Gasteiger partial charge in [-0.2, -0.15) is 18.3 Å². The van der Waals surface area contributed by atoms with E-state index in [1.165, 1.54) is 19.1 Å². The predicted molar refractivity (Wildman–Crippen MR) is 132 cm³/mol. The van der Waals surface area contributed by atoms with Crippen LogP contribution in [-0.2, 0) is 20.5 Å². The Hall–Kier alpha value is -4.35. The SMILES string of the molecule is CC(C)[C@H](OC(=O)Nc1ccccc1)C(=O)N[C@@H](C)C(=O)COc1cc(C(F)(F)F)nn1-c1ccccc1. The number of nitrogens with zero attached hydrogens (tertiary/aromatic N) is 2. The third kappa shape index (κ3) is 7.58. The molecule has 0 unspecified atom stereocenters. The third-order valence-corrected chi connectivity index (χ3v) is 5.29. The Labute approximate surface area is 216 Å². The smallest absolute Gasteiger partial charge is 0.435 e. The normalized spacial score (nSPS) is 12.9. The molecule has 0 saturated carbocycles. The van der Waals surface area contributed by atoms with Crippen molar-refractivity contribution in [1.82, 2.24) is 15.1 Å². The molecule has 38 heavy (non-hydrogen) atoms. The number of Topliss-reactive ketones (excluding diaryl/α,β-unsaturated/α-hetero) is 1. The van der Waals surface area contributed by atoms with Crippen LogP contribution in [0.5, 0.6) is 5.88 Å². The minimum absolute atomic E-state index is 0.295. The first-order valence-corrected chi connectivity index (χ1v) is 11.7. The van der Waals surface area contributed by atoms with Gasteiger partial charge in [0, 0.05) is 11.8 Å². The van der Waals surface area contributed by atoms with E-state index in [0.717, 1.165) is 4.68 Å². The number of para-hydroxylation sites is 2. The van der Waals surface area contributed by atoms with Crippen molar-refractivity contribution in [3.05, 3.63) is 72.4 Å². The molecule has 2 N–H and O–H groups in total. The highest BCUT2D eigenvalue weighted by atomic mass is 19.4. The molecule has 3 aromatic rings. The number of benzene rings is 2. The van der Waals surface area contributed by atoms with Crippen molar-refractivity contribution in [1.29, 1.82) is 0 Å². The predicted octanol–water partition coefficient (Wildman–Crippen LogP) is 4.62. The minimum atomic E-state index is -4.72. The standard InChI is InChI=1S/C26H27F3N4O5/c1-16(2)23(38-25(36)31-18-10-6-4-7-11-18)24(35)30-17(3)20(34)15-37-22-14-21(26(27,28)29)32-33(22)19-12-8-5-9-13-19/h4-14,16-17,23H,15H2,1-3H3,(H,30,35)(H,31,36)/t17-,23-/m0/s1. The van der Waals surface area contributed by atoms with Crippen LogP contribution in [0.1, 0.15) is 26.5 Å². The zero-order valence-corrected chi connectivity index (χ0v) is 20.9. The summed E-state index contributed by atoms with van der Waals surface area (Å²) >= 11 is 0. The fourth-order valence-electron chi connectivity index (χ4n) is 3.28. The first-order valence-electron chi connectivity index (χ1n) is 11.7. The summed E-state index contributed by atoms with van der Waals surface area (Å²) in [5.41, 5.74) is -0.405. The number of carbonyl (C=O) groups is 3. The molecule has 0 saturated heterocycles. The molecule has 0 radical (unpaired) electrons. The topological polar surface area (TPSA) is 112 Å². The van der Waals surface area contributed by atoms with Gasteiger partial charge in [0.25, 0.3) is 5.91 Å². The minimum Gasteiger partial charge on any atom is -0.469 e. The van der Waals surface area contributed by atoms with E-state index in [9.17, 15) is 27.6 Å².